The van der Waals surface area contributed by atoms with Gasteiger partial charge < -0.3 is 10.0 Å². The van der Waals surface area contributed by atoms with Gasteiger partial charge in [0.25, 0.3) is 0 Å². The Bertz CT molecular complexity index is 264. The summed E-state index contributed by atoms with van der Waals surface area (Å²) >= 11 is 0. The van der Waals surface area contributed by atoms with Crippen molar-refractivity contribution in [2.75, 3.05) is 11.9 Å². The highest BCUT2D eigenvalue weighted by molar-refractivity contribution is 5.50. The van der Waals surface area contributed by atoms with Gasteiger partial charge in [-0.05, 0) is 37.4 Å². The average molecular weight is 163 g/mol. The lowest BCUT2D eigenvalue weighted by Gasteiger charge is -2.13. The molecule has 0 bridgehead atoms. The van der Waals surface area contributed by atoms with Gasteiger partial charge >= 0.3 is 0 Å². The summed E-state index contributed by atoms with van der Waals surface area (Å²) in [5.74, 6) is 0.299. The lowest BCUT2D eigenvalue weighted by molar-refractivity contribution is 0.475. The number of rotatable bonds is 2. The quantitative estimate of drug-likeness (QED) is 0.723. The maximum atomic E-state index is 9.03. The second-order valence-electron chi connectivity index (χ2n) is 2.61. The molecule has 1 aromatic rings. The van der Waals surface area contributed by atoms with Crippen molar-refractivity contribution < 1.29 is 5.11 Å². The van der Waals surface area contributed by atoms with Crippen LogP contribution in [0.2, 0.25) is 0 Å². The minimum atomic E-state index is 0.299. The van der Waals surface area contributed by atoms with Crippen LogP contribution in [0.25, 0.3) is 0 Å². The number of aromatic hydroxyl groups is 1. The first-order chi connectivity index (χ1) is 5.74. The van der Waals surface area contributed by atoms with Gasteiger partial charge in [0.15, 0.2) is 0 Å². The summed E-state index contributed by atoms with van der Waals surface area (Å²) in [6.07, 6.45) is 3.93. The number of phenolic OH excluding ortho intramolecular Hbond substituents is 1. The number of nitrogens with zero attached hydrogens (tertiary/aromatic N) is 1. The van der Waals surface area contributed by atoms with Gasteiger partial charge in [-0.3, -0.25) is 0 Å². The van der Waals surface area contributed by atoms with Gasteiger partial charge in [-0.1, -0.05) is 6.08 Å². The zero-order valence-corrected chi connectivity index (χ0v) is 7.36. The average Bonchev–Trinajstić information content (AvgIpc) is 2.06. The molecule has 12 heavy (non-hydrogen) atoms. The predicted molar refractivity (Wildman–Crippen MR) is 51.3 cm³/mol. The molecular weight excluding hydrogens is 150 g/mol. The summed E-state index contributed by atoms with van der Waals surface area (Å²) in [5, 5.41) is 9.03. The number of allylic oxidation sites excluding steroid dienone is 1. The van der Waals surface area contributed by atoms with E-state index < -0.39 is 0 Å². The molecule has 2 nitrogen and oxygen atoms in total. The Balaban J connectivity index is 2.82. The molecule has 1 N–H and O–H groups in total. The smallest absolute Gasteiger partial charge is 0.115 e. The third-order valence-electron chi connectivity index (χ3n) is 1.63. The molecule has 0 aromatic heterocycles. The molecule has 2 heteroatoms. The van der Waals surface area contributed by atoms with Crippen molar-refractivity contribution in [3.05, 3.63) is 36.5 Å². The van der Waals surface area contributed by atoms with E-state index in [-0.39, 0.29) is 0 Å². The molecule has 1 rings (SSSR count). The summed E-state index contributed by atoms with van der Waals surface area (Å²) in [6.45, 7) is 1.97. The number of hydrogen-bond acceptors (Lipinski definition) is 2. The summed E-state index contributed by atoms with van der Waals surface area (Å²) in [6, 6.07) is 7.09. The molecule has 0 saturated heterocycles. The highest BCUT2D eigenvalue weighted by atomic mass is 16.3. The fraction of sp³-hybridized carbons (Fsp3) is 0.200. The molecule has 64 valence electrons. The van der Waals surface area contributed by atoms with Crippen LogP contribution >= 0.6 is 0 Å². The van der Waals surface area contributed by atoms with Gasteiger partial charge in [0.1, 0.15) is 5.75 Å². The molecule has 0 radical (unpaired) electrons. The van der Waals surface area contributed by atoms with Gasteiger partial charge in [-0.2, -0.15) is 0 Å². The van der Waals surface area contributed by atoms with Gasteiger partial charge in [0, 0.05) is 12.7 Å². The summed E-state index contributed by atoms with van der Waals surface area (Å²) in [7, 11) is 1.96. The van der Waals surface area contributed by atoms with Gasteiger partial charge in [0.2, 0.25) is 0 Å². The standard InChI is InChI=1S/C10H13NO/c1-3-8-11(2)9-4-6-10(12)7-5-9/h3-8,12H,1-2H3. The monoisotopic (exact) mass is 163 g/mol. The fourth-order valence-electron chi connectivity index (χ4n) is 0.997. The lowest BCUT2D eigenvalue weighted by Crippen LogP contribution is -2.06. The van der Waals surface area contributed by atoms with E-state index in [1.165, 1.54) is 0 Å². The third-order valence-corrected chi connectivity index (χ3v) is 1.63. The van der Waals surface area contributed by atoms with Crippen LogP contribution in [-0.4, -0.2) is 12.2 Å². The first-order valence-electron chi connectivity index (χ1n) is 3.88. The summed E-state index contributed by atoms with van der Waals surface area (Å²) in [4.78, 5) is 1.99. The number of hydrogen-bond donors (Lipinski definition) is 1. The summed E-state index contributed by atoms with van der Waals surface area (Å²) in [5.41, 5.74) is 1.06. The molecule has 0 aliphatic carbocycles. The van der Waals surface area contributed by atoms with E-state index in [1.54, 1.807) is 12.1 Å². The van der Waals surface area contributed by atoms with Crippen LogP contribution in [0.4, 0.5) is 5.69 Å². The van der Waals surface area contributed by atoms with Crippen molar-refractivity contribution in [1.82, 2.24) is 0 Å². The fourth-order valence-corrected chi connectivity index (χ4v) is 0.997. The Kier molecular flexibility index (Phi) is 2.75. The van der Waals surface area contributed by atoms with Crippen LogP contribution < -0.4 is 4.90 Å². The van der Waals surface area contributed by atoms with E-state index in [2.05, 4.69) is 0 Å². The van der Waals surface area contributed by atoms with Crippen molar-refractivity contribution in [1.29, 1.82) is 0 Å². The normalized spacial score (nSPS) is 10.5. The van der Waals surface area contributed by atoms with Crippen molar-refractivity contribution >= 4 is 5.69 Å². The second kappa shape index (κ2) is 3.81. The SMILES string of the molecule is CC=CN(C)c1ccc(O)cc1. The van der Waals surface area contributed by atoms with Crippen LogP contribution in [0, 0.1) is 0 Å². The van der Waals surface area contributed by atoms with Crippen LogP contribution in [0.3, 0.4) is 0 Å². The number of benzene rings is 1. The first-order valence-corrected chi connectivity index (χ1v) is 3.88. The molecule has 0 saturated carbocycles. The van der Waals surface area contributed by atoms with Crippen molar-refractivity contribution in [2.45, 2.75) is 6.92 Å². The Morgan fingerprint density at radius 2 is 1.83 bits per heavy atom. The molecular formula is C10H13NO. The molecule has 0 unspecified atom stereocenters. The van der Waals surface area contributed by atoms with E-state index in [0.29, 0.717) is 5.75 Å². The molecule has 1 aromatic carbocycles. The van der Waals surface area contributed by atoms with Crippen LogP contribution in [0.15, 0.2) is 36.5 Å². The zero-order valence-electron chi connectivity index (χ0n) is 7.36. The largest absolute Gasteiger partial charge is 0.508 e. The minimum Gasteiger partial charge on any atom is -0.508 e. The minimum absolute atomic E-state index is 0.299. The number of anilines is 1. The molecule has 0 amide bonds. The Morgan fingerprint density at radius 1 is 1.25 bits per heavy atom. The maximum Gasteiger partial charge on any atom is 0.115 e. The molecule has 0 aliphatic rings. The molecule has 0 heterocycles. The second-order valence-corrected chi connectivity index (χ2v) is 2.61. The van der Waals surface area contributed by atoms with E-state index in [9.17, 15) is 0 Å². The van der Waals surface area contributed by atoms with E-state index >= 15 is 0 Å². The Morgan fingerprint density at radius 3 is 2.33 bits per heavy atom. The first kappa shape index (κ1) is 8.65. The van der Waals surface area contributed by atoms with Crippen molar-refractivity contribution in [3.63, 3.8) is 0 Å². The maximum absolute atomic E-state index is 9.03. The topological polar surface area (TPSA) is 23.5 Å². The number of phenols is 1. The Labute approximate surface area is 72.8 Å². The van der Waals surface area contributed by atoms with Crippen LogP contribution in [0.1, 0.15) is 6.92 Å². The molecule has 0 spiro atoms. The van der Waals surface area contributed by atoms with Crippen molar-refractivity contribution in [3.8, 4) is 5.75 Å². The predicted octanol–water partition coefficient (Wildman–Crippen LogP) is 2.36. The van der Waals surface area contributed by atoms with Gasteiger partial charge in [0.05, 0.1) is 0 Å². The molecule has 0 fully saturated rings. The van der Waals surface area contributed by atoms with Crippen LogP contribution in [-0.2, 0) is 0 Å². The van der Waals surface area contributed by atoms with Crippen LogP contribution in [0.5, 0.6) is 5.75 Å². The van der Waals surface area contributed by atoms with Gasteiger partial charge in [-0.15, -0.1) is 0 Å². The van der Waals surface area contributed by atoms with E-state index in [1.807, 2.05) is 43.3 Å². The van der Waals surface area contributed by atoms with E-state index in [4.69, 9.17) is 5.11 Å². The Hall–Kier alpha value is -1.44. The summed E-state index contributed by atoms with van der Waals surface area (Å²) < 4.78 is 0. The highest BCUT2D eigenvalue weighted by Gasteiger charge is 1.94. The van der Waals surface area contributed by atoms with E-state index in [0.717, 1.165) is 5.69 Å². The lowest BCUT2D eigenvalue weighted by atomic mass is 10.3. The molecule has 0 aliphatic heterocycles. The van der Waals surface area contributed by atoms with Gasteiger partial charge in [-0.25, -0.2) is 0 Å². The highest BCUT2D eigenvalue weighted by Crippen LogP contribution is 2.16. The third kappa shape index (κ3) is 2.02. The zero-order chi connectivity index (χ0) is 8.97. The van der Waals surface area contributed by atoms with Crippen molar-refractivity contribution in [2.24, 2.45) is 0 Å². The molecule has 0 atom stereocenters.